The smallest absolute Gasteiger partial charge is 0.305 e. The summed E-state index contributed by atoms with van der Waals surface area (Å²) in [7, 11) is 1.42. The summed E-state index contributed by atoms with van der Waals surface area (Å²) in [5.41, 5.74) is 7.34. The summed E-state index contributed by atoms with van der Waals surface area (Å²) in [6, 6.07) is 3.83. The van der Waals surface area contributed by atoms with Crippen molar-refractivity contribution in [1.29, 1.82) is 0 Å². The highest BCUT2D eigenvalue weighted by atomic mass is 79.9. The summed E-state index contributed by atoms with van der Waals surface area (Å²) in [4.78, 5) is 25.3. The van der Waals surface area contributed by atoms with Crippen LogP contribution in [0.5, 0.6) is 11.5 Å². The zero-order valence-electron chi connectivity index (χ0n) is 18.2. The molecule has 0 radical (unpaired) electrons. The Bertz CT molecular complexity index is 1140. The van der Waals surface area contributed by atoms with Gasteiger partial charge in [0, 0.05) is 28.9 Å². The third-order valence-corrected chi connectivity index (χ3v) is 7.10. The number of nitrogens with two attached hydrogens (primary N) is 1. The summed E-state index contributed by atoms with van der Waals surface area (Å²) in [5.74, 6) is 1.61. The van der Waals surface area contributed by atoms with Crippen molar-refractivity contribution in [1.82, 2.24) is 24.8 Å². The van der Waals surface area contributed by atoms with Crippen molar-refractivity contribution in [2.45, 2.75) is 42.3 Å². The first-order valence-corrected chi connectivity index (χ1v) is 12.2. The minimum atomic E-state index is -0.157. The third-order valence-electron chi connectivity index (χ3n) is 5.13. The highest BCUT2D eigenvalue weighted by Gasteiger charge is 2.20. The Labute approximate surface area is 203 Å². The molecule has 4 rings (SSSR count). The van der Waals surface area contributed by atoms with Crippen molar-refractivity contribution < 1.29 is 19.0 Å². The Morgan fingerprint density at radius 1 is 1.24 bits per heavy atom. The molecule has 1 aliphatic heterocycles. The lowest BCUT2D eigenvalue weighted by Crippen LogP contribution is -2.21. The standard InChI is InChI=1S/C21H25BrN6O4S/c1-30-17(29)5-3-2-4-6-24-7-8-28-20-18(19(23)25-11-26-20)27-21(28)33-16-10-15-14(9-13(16)22)31-12-32-15/h9-11,24H,2-8,12H2,1H3,(H2,23,25,26). The van der Waals surface area contributed by atoms with Crippen molar-refractivity contribution in [2.75, 3.05) is 32.7 Å². The molecule has 10 nitrogen and oxygen atoms in total. The predicted octanol–water partition coefficient (Wildman–Crippen LogP) is 3.37. The van der Waals surface area contributed by atoms with Crippen LogP contribution in [0.3, 0.4) is 0 Å². The number of methoxy groups -OCH3 is 1. The number of benzene rings is 1. The van der Waals surface area contributed by atoms with Gasteiger partial charge >= 0.3 is 5.97 Å². The molecule has 12 heteroatoms. The van der Waals surface area contributed by atoms with Crippen LogP contribution in [0.1, 0.15) is 25.7 Å². The van der Waals surface area contributed by atoms with Crippen molar-refractivity contribution >= 4 is 50.6 Å². The Hall–Kier alpha value is -2.57. The van der Waals surface area contributed by atoms with Gasteiger partial charge in [-0.15, -0.1) is 0 Å². The van der Waals surface area contributed by atoms with Crippen molar-refractivity contribution in [2.24, 2.45) is 0 Å². The molecule has 1 aromatic carbocycles. The van der Waals surface area contributed by atoms with E-state index in [1.807, 2.05) is 16.7 Å². The van der Waals surface area contributed by atoms with Crippen molar-refractivity contribution in [3.8, 4) is 11.5 Å². The maximum atomic E-state index is 11.2. The van der Waals surface area contributed by atoms with Gasteiger partial charge in [0.2, 0.25) is 6.79 Å². The van der Waals surface area contributed by atoms with Crippen LogP contribution in [0.25, 0.3) is 11.2 Å². The van der Waals surface area contributed by atoms with Gasteiger partial charge < -0.3 is 29.8 Å². The third kappa shape index (κ3) is 5.68. The molecule has 2 aromatic heterocycles. The Balaban J connectivity index is 1.41. The molecule has 0 unspecified atom stereocenters. The van der Waals surface area contributed by atoms with Gasteiger partial charge in [0.15, 0.2) is 33.6 Å². The van der Waals surface area contributed by atoms with Crippen LogP contribution in [0.2, 0.25) is 0 Å². The fourth-order valence-corrected chi connectivity index (χ4v) is 4.91. The zero-order valence-corrected chi connectivity index (χ0v) is 20.6. The molecule has 176 valence electrons. The van der Waals surface area contributed by atoms with Crippen molar-refractivity contribution in [3.05, 3.63) is 22.9 Å². The van der Waals surface area contributed by atoms with E-state index in [0.29, 0.717) is 41.4 Å². The summed E-state index contributed by atoms with van der Waals surface area (Å²) in [6.45, 7) is 2.48. The Morgan fingerprint density at radius 2 is 2.06 bits per heavy atom. The van der Waals surface area contributed by atoms with Crippen LogP contribution in [-0.2, 0) is 16.1 Å². The molecule has 3 N–H and O–H groups in total. The summed E-state index contributed by atoms with van der Waals surface area (Å²) < 4.78 is 18.6. The van der Waals surface area contributed by atoms with Gasteiger partial charge in [0.05, 0.1) is 7.11 Å². The molecular formula is C21H25BrN6O4S. The van der Waals surface area contributed by atoms with E-state index in [9.17, 15) is 4.79 Å². The van der Waals surface area contributed by atoms with Gasteiger partial charge in [0.1, 0.15) is 6.33 Å². The molecule has 0 spiro atoms. The van der Waals surface area contributed by atoms with Gasteiger partial charge in [-0.25, -0.2) is 15.0 Å². The molecule has 0 saturated carbocycles. The van der Waals surface area contributed by atoms with Crippen LogP contribution < -0.4 is 20.5 Å². The van der Waals surface area contributed by atoms with Gasteiger partial charge in [0.25, 0.3) is 0 Å². The molecule has 3 heterocycles. The maximum absolute atomic E-state index is 11.2. The zero-order chi connectivity index (χ0) is 23.2. The number of nitrogen functional groups attached to an aromatic ring is 1. The Morgan fingerprint density at radius 3 is 2.88 bits per heavy atom. The number of esters is 1. The molecule has 0 aliphatic carbocycles. The number of hydrogen-bond donors (Lipinski definition) is 2. The van der Waals surface area contributed by atoms with E-state index in [1.54, 1.807) is 0 Å². The number of imidazole rings is 1. The van der Waals surface area contributed by atoms with Crippen LogP contribution in [0.4, 0.5) is 5.82 Å². The molecule has 0 amide bonds. The lowest BCUT2D eigenvalue weighted by Gasteiger charge is -2.11. The first kappa shape index (κ1) is 23.6. The number of carbonyl (C=O) groups excluding carboxylic acids is 1. The topological polar surface area (TPSA) is 126 Å². The number of anilines is 1. The fraction of sp³-hybridized carbons (Fsp3) is 0.429. The second kappa shape index (κ2) is 11.0. The lowest BCUT2D eigenvalue weighted by atomic mass is 10.2. The molecule has 33 heavy (non-hydrogen) atoms. The number of halogens is 1. The first-order valence-electron chi connectivity index (χ1n) is 10.6. The quantitative estimate of drug-likeness (QED) is 0.278. The minimum Gasteiger partial charge on any atom is -0.469 e. The highest BCUT2D eigenvalue weighted by molar-refractivity contribution is 9.10. The van der Waals surface area contributed by atoms with Crippen LogP contribution in [0.15, 0.2) is 33.0 Å². The number of rotatable bonds is 11. The van der Waals surface area contributed by atoms with Gasteiger partial charge in [-0.1, -0.05) is 18.2 Å². The summed E-state index contributed by atoms with van der Waals surface area (Å²) in [5, 5.41) is 4.21. The molecule has 1 aliphatic rings. The summed E-state index contributed by atoms with van der Waals surface area (Å²) in [6.07, 6.45) is 4.72. The SMILES string of the molecule is COC(=O)CCCCCNCCn1c(Sc2cc3c(cc2Br)OCO3)nc2c(N)ncnc21. The van der Waals surface area contributed by atoms with Gasteiger partial charge in [-0.3, -0.25) is 4.79 Å². The van der Waals surface area contributed by atoms with E-state index < -0.39 is 0 Å². The number of fused-ring (bicyclic) bond motifs is 2. The van der Waals surface area contributed by atoms with E-state index in [-0.39, 0.29) is 12.8 Å². The number of unbranched alkanes of at least 4 members (excludes halogenated alkanes) is 2. The van der Waals surface area contributed by atoms with Crippen LogP contribution in [-0.4, -0.2) is 52.5 Å². The van der Waals surface area contributed by atoms with Crippen LogP contribution >= 0.6 is 27.7 Å². The monoisotopic (exact) mass is 536 g/mol. The molecule has 0 fully saturated rings. The summed E-state index contributed by atoms with van der Waals surface area (Å²) >= 11 is 5.11. The Kier molecular flexibility index (Phi) is 7.89. The van der Waals surface area contributed by atoms with Gasteiger partial charge in [-0.05, 0) is 47.4 Å². The van der Waals surface area contributed by atoms with E-state index in [2.05, 4.69) is 36.0 Å². The second-order valence-electron chi connectivity index (χ2n) is 7.35. The van der Waals surface area contributed by atoms with Crippen LogP contribution in [0, 0.1) is 0 Å². The predicted molar refractivity (Wildman–Crippen MR) is 127 cm³/mol. The number of aromatic nitrogens is 4. The first-order chi connectivity index (χ1) is 16.1. The fourth-order valence-electron chi connectivity index (χ4n) is 3.40. The normalized spacial score (nSPS) is 12.4. The number of ether oxygens (including phenoxy) is 3. The van der Waals surface area contributed by atoms with E-state index in [1.165, 1.54) is 25.2 Å². The highest BCUT2D eigenvalue weighted by Crippen LogP contribution is 2.43. The average Bonchev–Trinajstić information content (AvgIpc) is 3.40. The number of carbonyl (C=O) groups is 1. The van der Waals surface area contributed by atoms with Crippen molar-refractivity contribution in [3.63, 3.8) is 0 Å². The van der Waals surface area contributed by atoms with E-state index >= 15 is 0 Å². The van der Waals surface area contributed by atoms with Gasteiger partial charge in [-0.2, -0.15) is 0 Å². The average molecular weight is 537 g/mol. The number of nitrogens with zero attached hydrogens (tertiary/aromatic N) is 4. The largest absolute Gasteiger partial charge is 0.469 e. The molecular weight excluding hydrogens is 512 g/mol. The second-order valence-corrected chi connectivity index (χ2v) is 9.22. The molecule has 0 atom stereocenters. The lowest BCUT2D eigenvalue weighted by molar-refractivity contribution is -0.140. The number of hydrogen-bond acceptors (Lipinski definition) is 10. The number of nitrogens with one attached hydrogen (secondary N) is 1. The maximum Gasteiger partial charge on any atom is 0.305 e. The molecule has 0 bridgehead atoms. The molecule has 3 aromatic rings. The van der Waals surface area contributed by atoms with E-state index in [0.717, 1.165) is 46.9 Å². The minimum absolute atomic E-state index is 0.157. The molecule has 0 saturated heterocycles. The van der Waals surface area contributed by atoms with E-state index in [4.69, 9.17) is 20.2 Å².